The van der Waals surface area contributed by atoms with Crippen LogP contribution in [-0.4, -0.2) is 30.6 Å². The Morgan fingerprint density at radius 3 is 2.82 bits per heavy atom. The molecule has 0 saturated carbocycles. The molecular weight excluding hydrogens is 232 g/mol. The highest BCUT2D eigenvalue weighted by Gasteiger charge is 2.22. The van der Waals surface area contributed by atoms with E-state index in [1.807, 2.05) is 6.07 Å². The average molecular weight is 253 g/mol. The summed E-state index contributed by atoms with van der Waals surface area (Å²) in [5.41, 5.74) is 2.27. The molecule has 3 heteroatoms. The van der Waals surface area contributed by atoms with Crippen molar-refractivity contribution < 1.29 is 0 Å². The van der Waals surface area contributed by atoms with E-state index in [1.165, 1.54) is 18.4 Å². The molecule has 0 bridgehead atoms. The van der Waals surface area contributed by atoms with Crippen LogP contribution in [0.1, 0.15) is 25.3 Å². The molecule has 0 aliphatic carbocycles. The zero-order valence-corrected chi connectivity index (χ0v) is 11.6. The van der Waals surface area contributed by atoms with Gasteiger partial charge in [0.1, 0.15) is 0 Å². The zero-order chi connectivity index (χ0) is 12.4. The van der Waals surface area contributed by atoms with Crippen LogP contribution in [-0.2, 0) is 0 Å². The highest BCUT2D eigenvalue weighted by Crippen LogP contribution is 2.26. The molecule has 0 aromatic heterocycles. The molecular formula is C14H21ClN2. The molecule has 1 aliphatic rings. The third-order valence-electron chi connectivity index (χ3n) is 3.69. The average Bonchev–Trinajstić information content (AvgIpc) is 2.27. The van der Waals surface area contributed by atoms with Gasteiger partial charge in [-0.2, -0.15) is 0 Å². The summed E-state index contributed by atoms with van der Waals surface area (Å²) in [6.07, 6.45) is 2.37. The largest absolute Gasteiger partial charge is 0.381 e. The van der Waals surface area contributed by atoms with Gasteiger partial charge in [0, 0.05) is 18.6 Å². The van der Waals surface area contributed by atoms with Crippen LogP contribution >= 0.6 is 11.6 Å². The molecule has 2 atom stereocenters. The first kappa shape index (κ1) is 12.7. The molecule has 0 spiro atoms. The van der Waals surface area contributed by atoms with Crippen LogP contribution in [0.25, 0.3) is 0 Å². The van der Waals surface area contributed by atoms with Gasteiger partial charge < -0.3 is 10.2 Å². The Kier molecular flexibility index (Phi) is 3.95. The van der Waals surface area contributed by atoms with Crippen molar-refractivity contribution in [2.75, 3.05) is 18.9 Å². The number of nitrogens with zero attached hydrogens (tertiary/aromatic N) is 1. The van der Waals surface area contributed by atoms with E-state index in [2.05, 4.69) is 43.2 Å². The number of rotatable bonds is 2. The predicted molar refractivity (Wildman–Crippen MR) is 74.9 cm³/mol. The SMILES string of the molecule is Cc1ccc(NC2CCN(C)C(C)C2)c(Cl)c1. The van der Waals surface area contributed by atoms with E-state index >= 15 is 0 Å². The molecule has 17 heavy (non-hydrogen) atoms. The maximum atomic E-state index is 6.24. The van der Waals surface area contributed by atoms with Gasteiger partial charge in [0.15, 0.2) is 0 Å². The summed E-state index contributed by atoms with van der Waals surface area (Å²) in [7, 11) is 2.19. The first-order valence-corrected chi connectivity index (χ1v) is 6.67. The van der Waals surface area contributed by atoms with E-state index in [0.717, 1.165) is 17.3 Å². The number of anilines is 1. The quantitative estimate of drug-likeness (QED) is 0.866. The third-order valence-corrected chi connectivity index (χ3v) is 4.01. The van der Waals surface area contributed by atoms with E-state index in [1.54, 1.807) is 0 Å². The third kappa shape index (κ3) is 3.14. The number of likely N-dealkylation sites (tertiary alicyclic amines) is 1. The Morgan fingerprint density at radius 2 is 2.18 bits per heavy atom. The van der Waals surface area contributed by atoms with E-state index in [0.29, 0.717) is 12.1 Å². The van der Waals surface area contributed by atoms with Crippen LogP contribution < -0.4 is 5.32 Å². The number of halogens is 1. The van der Waals surface area contributed by atoms with Crippen LogP contribution in [0.4, 0.5) is 5.69 Å². The van der Waals surface area contributed by atoms with Gasteiger partial charge in [0.25, 0.3) is 0 Å². The monoisotopic (exact) mass is 252 g/mol. The van der Waals surface area contributed by atoms with E-state index < -0.39 is 0 Å². The van der Waals surface area contributed by atoms with Crippen molar-refractivity contribution in [3.63, 3.8) is 0 Å². The smallest absolute Gasteiger partial charge is 0.0640 e. The molecule has 94 valence electrons. The molecule has 1 aromatic rings. The van der Waals surface area contributed by atoms with Crippen LogP contribution in [0, 0.1) is 6.92 Å². The molecule has 0 radical (unpaired) electrons. The van der Waals surface area contributed by atoms with Crippen molar-refractivity contribution in [1.82, 2.24) is 4.90 Å². The van der Waals surface area contributed by atoms with Gasteiger partial charge in [0.05, 0.1) is 10.7 Å². The van der Waals surface area contributed by atoms with Crippen molar-refractivity contribution in [2.45, 2.75) is 38.8 Å². The molecule has 1 aromatic carbocycles. The number of aryl methyl sites for hydroxylation is 1. The summed E-state index contributed by atoms with van der Waals surface area (Å²) in [6.45, 7) is 5.50. The van der Waals surface area contributed by atoms with Crippen LogP contribution in [0.2, 0.25) is 5.02 Å². The number of piperidine rings is 1. The minimum atomic E-state index is 0.543. The van der Waals surface area contributed by atoms with E-state index in [4.69, 9.17) is 11.6 Å². The van der Waals surface area contributed by atoms with E-state index in [-0.39, 0.29) is 0 Å². The van der Waals surface area contributed by atoms with Crippen molar-refractivity contribution >= 4 is 17.3 Å². The van der Waals surface area contributed by atoms with Crippen molar-refractivity contribution in [1.29, 1.82) is 0 Å². The summed E-state index contributed by atoms with van der Waals surface area (Å²) in [4.78, 5) is 2.41. The van der Waals surface area contributed by atoms with Crippen molar-refractivity contribution in [3.8, 4) is 0 Å². The molecule has 1 heterocycles. The number of benzene rings is 1. The van der Waals surface area contributed by atoms with Crippen LogP contribution in [0.15, 0.2) is 18.2 Å². The lowest BCUT2D eigenvalue weighted by Crippen LogP contribution is -2.42. The topological polar surface area (TPSA) is 15.3 Å². The summed E-state index contributed by atoms with van der Waals surface area (Å²) in [6, 6.07) is 7.39. The summed E-state index contributed by atoms with van der Waals surface area (Å²) < 4.78 is 0. The second kappa shape index (κ2) is 5.28. The van der Waals surface area contributed by atoms with Crippen molar-refractivity contribution in [3.05, 3.63) is 28.8 Å². The Morgan fingerprint density at radius 1 is 1.41 bits per heavy atom. The first-order valence-electron chi connectivity index (χ1n) is 6.29. The fourth-order valence-electron chi connectivity index (χ4n) is 2.38. The Bertz CT molecular complexity index is 392. The highest BCUT2D eigenvalue weighted by atomic mass is 35.5. The van der Waals surface area contributed by atoms with Crippen LogP contribution in [0.3, 0.4) is 0 Å². The van der Waals surface area contributed by atoms with Gasteiger partial charge in [-0.1, -0.05) is 17.7 Å². The van der Waals surface area contributed by atoms with Gasteiger partial charge in [-0.05, 0) is 51.4 Å². The Balaban J connectivity index is 2.01. The molecule has 1 N–H and O–H groups in total. The normalized spacial score (nSPS) is 25.9. The minimum Gasteiger partial charge on any atom is -0.381 e. The van der Waals surface area contributed by atoms with E-state index in [9.17, 15) is 0 Å². The van der Waals surface area contributed by atoms with Gasteiger partial charge in [0.2, 0.25) is 0 Å². The summed E-state index contributed by atoms with van der Waals surface area (Å²) in [5, 5.41) is 4.40. The predicted octanol–water partition coefficient (Wildman–Crippen LogP) is 3.54. The Hall–Kier alpha value is -0.730. The lowest BCUT2D eigenvalue weighted by atomic mass is 9.98. The standard InChI is InChI=1S/C14H21ClN2/c1-10-4-5-14(13(15)8-10)16-12-6-7-17(3)11(2)9-12/h4-5,8,11-12,16H,6-7,9H2,1-3H3. The zero-order valence-electron chi connectivity index (χ0n) is 10.8. The molecule has 1 fully saturated rings. The van der Waals surface area contributed by atoms with Gasteiger partial charge >= 0.3 is 0 Å². The van der Waals surface area contributed by atoms with Gasteiger partial charge in [-0.3, -0.25) is 0 Å². The molecule has 1 saturated heterocycles. The van der Waals surface area contributed by atoms with Gasteiger partial charge in [-0.15, -0.1) is 0 Å². The fraction of sp³-hybridized carbons (Fsp3) is 0.571. The second-order valence-electron chi connectivity index (χ2n) is 5.18. The molecule has 0 amide bonds. The lowest BCUT2D eigenvalue weighted by Gasteiger charge is -2.36. The summed E-state index contributed by atoms with van der Waals surface area (Å²) in [5.74, 6) is 0. The maximum absolute atomic E-state index is 6.24. The summed E-state index contributed by atoms with van der Waals surface area (Å²) >= 11 is 6.24. The second-order valence-corrected chi connectivity index (χ2v) is 5.59. The Labute approximate surface area is 109 Å². The maximum Gasteiger partial charge on any atom is 0.0640 e. The number of hydrogen-bond donors (Lipinski definition) is 1. The molecule has 1 aliphatic heterocycles. The number of hydrogen-bond acceptors (Lipinski definition) is 2. The highest BCUT2D eigenvalue weighted by molar-refractivity contribution is 6.33. The lowest BCUT2D eigenvalue weighted by molar-refractivity contribution is 0.190. The molecule has 2 unspecified atom stereocenters. The molecule has 2 rings (SSSR count). The minimum absolute atomic E-state index is 0.543. The van der Waals surface area contributed by atoms with Crippen molar-refractivity contribution in [2.24, 2.45) is 0 Å². The van der Waals surface area contributed by atoms with Crippen LogP contribution in [0.5, 0.6) is 0 Å². The van der Waals surface area contributed by atoms with Gasteiger partial charge in [-0.25, -0.2) is 0 Å². The number of nitrogens with one attached hydrogen (secondary N) is 1. The molecule has 2 nitrogen and oxygen atoms in total. The fourth-order valence-corrected chi connectivity index (χ4v) is 2.67. The first-order chi connectivity index (χ1) is 8.06.